The van der Waals surface area contributed by atoms with Gasteiger partial charge < -0.3 is 14.6 Å². The van der Waals surface area contributed by atoms with E-state index in [0.717, 1.165) is 28.4 Å². The highest BCUT2D eigenvalue weighted by atomic mass is 32.2. The third kappa shape index (κ3) is 4.92. The van der Waals surface area contributed by atoms with E-state index in [-0.39, 0.29) is 11.7 Å². The Morgan fingerprint density at radius 3 is 2.46 bits per heavy atom. The highest BCUT2D eigenvalue weighted by Crippen LogP contribution is 2.24. The highest BCUT2D eigenvalue weighted by molar-refractivity contribution is 7.99. The van der Waals surface area contributed by atoms with E-state index >= 15 is 0 Å². The van der Waals surface area contributed by atoms with Gasteiger partial charge in [-0.25, -0.2) is 0 Å². The van der Waals surface area contributed by atoms with Crippen molar-refractivity contribution in [1.82, 2.24) is 14.8 Å². The number of aryl methyl sites for hydroxylation is 2. The van der Waals surface area contributed by atoms with Crippen LogP contribution in [0.3, 0.4) is 0 Å². The van der Waals surface area contributed by atoms with Gasteiger partial charge in [0.25, 0.3) is 0 Å². The molecule has 0 radical (unpaired) electrons. The van der Waals surface area contributed by atoms with Crippen LogP contribution >= 0.6 is 11.8 Å². The van der Waals surface area contributed by atoms with Crippen LogP contribution in [0.1, 0.15) is 23.9 Å². The second kappa shape index (κ2) is 9.41. The summed E-state index contributed by atoms with van der Waals surface area (Å²) in [6, 6.07) is 15.5. The van der Waals surface area contributed by atoms with Gasteiger partial charge in [0.15, 0.2) is 11.0 Å². The van der Waals surface area contributed by atoms with Crippen molar-refractivity contribution in [2.24, 2.45) is 0 Å². The highest BCUT2D eigenvalue weighted by Gasteiger charge is 2.14. The Bertz CT molecular complexity index is 921. The number of anilines is 1. The molecular weight excluding hydrogens is 372 g/mol. The van der Waals surface area contributed by atoms with Crippen molar-refractivity contribution in [2.75, 3.05) is 11.1 Å². The molecule has 0 saturated heterocycles. The van der Waals surface area contributed by atoms with E-state index in [0.29, 0.717) is 18.3 Å². The van der Waals surface area contributed by atoms with Crippen LogP contribution in [0.4, 0.5) is 5.69 Å². The van der Waals surface area contributed by atoms with Gasteiger partial charge in [0, 0.05) is 12.2 Å². The molecule has 7 heteroatoms. The maximum atomic E-state index is 12.2. The van der Waals surface area contributed by atoms with Crippen LogP contribution in [0.2, 0.25) is 0 Å². The largest absolute Gasteiger partial charge is 0.485 e. The summed E-state index contributed by atoms with van der Waals surface area (Å²) in [7, 11) is 0. The lowest BCUT2D eigenvalue weighted by Gasteiger charge is -2.12. The molecule has 1 amide bonds. The number of thioether (sulfide) groups is 1. The second-order valence-electron chi connectivity index (χ2n) is 6.36. The minimum absolute atomic E-state index is 0.0739. The van der Waals surface area contributed by atoms with Crippen LogP contribution in [0.25, 0.3) is 0 Å². The molecule has 1 aromatic heterocycles. The lowest BCUT2D eigenvalue weighted by atomic mass is 10.1. The summed E-state index contributed by atoms with van der Waals surface area (Å²) < 4.78 is 7.98. The van der Waals surface area contributed by atoms with E-state index in [1.807, 2.05) is 73.9 Å². The van der Waals surface area contributed by atoms with E-state index in [4.69, 9.17) is 4.74 Å². The molecule has 0 unspecified atom stereocenters. The zero-order valence-corrected chi connectivity index (χ0v) is 17.1. The van der Waals surface area contributed by atoms with Crippen molar-refractivity contribution in [3.8, 4) is 5.75 Å². The molecular formula is C21H24N4O2S. The number of para-hydroxylation sites is 2. The Hall–Kier alpha value is -2.80. The molecule has 6 nitrogen and oxygen atoms in total. The van der Waals surface area contributed by atoms with Crippen molar-refractivity contribution >= 4 is 23.4 Å². The molecule has 0 atom stereocenters. The monoisotopic (exact) mass is 396 g/mol. The number of amides is 1. The third-order valence-corrected chi connectivity index (χ3v) is 5.22. The van der Waals surface area contributed by atoms with Crippen molar-refractivity contribution in [1.29, 1.82) is 0 Å². The lowest BCUT2D eigenvalue weighted by Crippen LogP contribution is -2.14. The molecule has 3 aromatic rings. The fraction of sp³-hybridized carbons (Fsp3) is 0.286. The average molecular weight is 397 g/mol. The van der Waals surface area contributed by atoms with Gasteiger partial charge in [-0.2, -0.15) is 0 Å². The van der Waals surface area contributed by atoms with Crippen LogP contribution in [-0.4, -0.2) is 26.4 Å². The van der Waals surface area contributed by atoms with Gasteiger partial charge in [0.05, 0.1) is 5.75 Å². The second-order valence-corrected chi connectivity index (χ2v) is 7.30. The number of rotatable bonds is 8. The molecule has 0 saturated carbocycles. The van der Waals surface area contributed by atoms with Crippen LogP contribution in [0.5, 0.6) is 5.75 Å². The summed E-state index contributed by atoms with van der Waals surface area (Å²) in [6.45, 7) is 7.13. The number of hydrogen-bond acceptors (Lipinski definition) is 5. The van der Waals surface area contributed by atoms with Crippen LogP contribution in [0, 0.1) is 13.8 Å². The first-order valence-electron chi connectivity index (χ1n) is 9.17. The van der Waals surface area contributed by atoms with E-state index in [1.54, 1.807) is 0 Å². The predicted octanol–water partition coefficient (Wildman–Crippen LogP) is 4.22. The molecule has 0 aliphatic rings. The van der Waals surface area contributed by atoms with Crippen molar-refractivity contribution < 1.29 is 9.53 Å². The molecule has 0 aliphatic heterocycles. The number of nitrogens with one attached hydrogen (secondary N) is 1. The van der Waals surface area contributed by atoms with Crippen molar-refractivity contribution in [3.05, 3.63) is 65.5 Å². The normalized spacial score (nSPS) is 10.7. The lowest BCUT2D eigenvalue weighted by molar-refractivity contribution is -0.113. The summed E-state index contributed by atoms with van der Waals surface area (Å²) >= 11 is 1.37. The van der Waals surface area contributed by atoms with E-state index < -0.39 is 0 Å². The molecule has 0 aliphatic carbocycles. The SMILES string of the molecule is CCn1c(COc2c(C)cccc2C)nnc1SCC(=O)Nc1ccccc1. The molecule has 2 aromatic carbocycles. The van der Waals surface area contributed by atoms with Crippen LogP contribution in [-0.2, 0) is 17.9 Å². The molecule has 0 bridgehead atoms. The number of hydrogen-bond donors (Lipinski definition) is 1. The number of aromatic nitrogens is 3. The van der Waals surface area contributed by atoms with E-state index in [9.17, 15) is 4.79 Å². The predicted molar refractivity (Wildman–Crippen MR) is 112 cm³/mol. The molecule has 1 N–H and O–H groups in total. The first-order chi connectivity index (χ1) is 13.6. The van der Waals surface area contributed by atoms with Crippen molar-refractivity contribution in [2.45, 2.75) is 39.1 Å². The molecule has 146 valence electrons. The Morgan fingerprint density at radius 1 is 1.07 bits per heavy atom. The first-order valence-corrected chi connectivity index (χ1v) is 10.2. The minimum Gasteiger partial charge on any atom is -0.485 e. The fourth-order valence-corrected chi connectivity index (χ4v) is 3.68. The Balaban J connectivity index is 1.61. The van der Waals surface area contributed by atoms with Gasteiger partial charge in [0.2, 0.25) is 5.91 Å². The van der Waals surface area contributed by atoms with Gasteiger partial charge in [0.1, 0.15) is 12.4 Å². The van der Waals surface area contributed by atoms with Gasteiger partial charge in [-0.15, -0.1) is 10.2 Å². The maximum absolute atomic E-state index is 12.2. The number of carbonyl (C=O) groups excluding carboxylic acids is 1. The molecule has 1 heterocycles. The third-order valence-electron chi connectivity index (χ3n) is 4.25. The van der Waals surface area contributed by atoms with Gasteiger partial charge in [-0.05, 0) is 44.0 Å². The van der Waals surface area contributed by atoms with Crippen LogP contribution < -0.4 is 10.1 Å². The summed E-state index contributed by atoms with van der Waals surface area (Å²) in [4.78, 5) is 12.2. The van der Waals surface area contributed by atoms with E-state index in [2.05, 4.69) is 15.5 Å². The zero-order chi connectivity index (χ0) is 19.9. The fourth-order valence-electron chi connectivity index (χ4n) is 2.86. The topological polar surface area (TPSA) is 69.0 Å². The molecule has 28 heavy (non-hydrogen) atoms. The quantitative estimate of drug-likeness (QED) is 0.577. The summed E-state index contributed by atoms with van der Waals surface area (Å²) in [5.74, 6) is 1.82. The number of carbonyl (C=O) groups is 1. The Morgan fingerprint density at radius 2 is 1.79 bits per heavy atom. The Kier molecular flexibility index (Phi) is 6.71. The molecule has 0 fully saturated rings. The Labute approximate surface area is 169 Å². The smallest absolute Gasteiger partial charge is 0.234 e. The van der Waals surface area contributed by atoms with E-state index in [1.165, 1.54) is 11.8 Å². The number of benzene rings is 2. The van der Waals surface area contributed by atoms with Crippen molar-refractivity contribution in [3.63, 3.8) is 0 Å². The first kappa shape index (κ1) is 19.9. The summed E-state index contributed by atoms with van der Waals surface area (Å²) in [5.41, 5.74) is 2.97. The van der Waals surface area contributed by atoms with Gasteiger partial charge in [-0.3, -0.25) is 4.79 Å². The zero-order valence-electron chi connectivity index (χ0n) is 16.3. The standard InChI is InChI=1S/C21H24N4O2S/c1-4-25-18(13-27-20-15(2)9-8-10-16(20)3)23-24-21(25)28-14-19(26)22-17-11-6-5-7-12-17/h5-12H,4,13-14H2,1-3H3,(H,22,26). The molecule has 3 rings (SSSR count). The van der Waals surface area contributed by atoms with Crippen LogP contribution in [0.15, 0.2) is 53.7 Å². The maximum Gasteiger partial charge on any atom is 0.234 e. The minimum atomic E-state index is -0.0739. The van der Waals surface area contributed by atoms with Gasteiger partial charge >= 0.3 is 0 Å². The molecule has 0 spiro atoms. The van der Waals surface area contributed by atoms with Gasteiger partial charge in [-0.1, -0.05) is 48.2 Å². The number of nitrogens with zero attached hydrogens (tertiary/aromatic N) is 3. The summed E-state index contributed by atoms with van der Waals surface area (Å²) in [6.07, 6.45) is 0. The average Bonchev–Trinajstić information content (AvgIpc) is 3.08. The summed E-state index contributed by atoms with van der Waals surface area (Å²) in [5, 5.41) is 12.1. The number of ether oxygens (including phenoxy) is 1.